The van der Waals surface area contributed by atoms with Gasteiger partial charge in [0.15, 0.2) is 0 Å². The van der Waals surface area contributed by atoms with Crippen molar-refractivity contribution >= 4 is 12.0 Å². The second-order valence-electron chi connectivity index (χ2n) is 10.5. The molecule has 2 amide bonds. The van der Waals surface area contributed by atoms with E-state index < -0.39 is 17.7 Å². The molecule has 0 aliphatic carbocycles. The van der Waals surface area contributed by atoms with Gasteiger partial charge in [0, 0.05) is 19.5 Å². The lowest BCUT2D eigenvalue weighted by Crippen LogP contribution is -2.53. The van der Waals surface area contributed by atoms with Gasteiger partial charge in [-0.05, 0) is 41.0 Å². The third-order valence-electron chi connectivity index (χ3n) is 7.91. The van der Waals surface area contributed by atoms with E-state index in [4.69, 9.17) is 4.74 Å². The fourth-order valence-corrected chi connectivity index (χ4v) is 5.72. The van der Waals surface area contributed by atoms with Gasteiger partial charge in [-0.1, -0.05) is 121 Å². The highest BCUT2D eigenvalue weighted by atomic mass is 16.5. The molecule has 1 aliphatic rings. The van der Waals surface area contributed by atoms with Crippen LogP contribution in [0.1, 0.15) is 35.1 Å². The van der Waals surface area contributed by atoms with E-state index in [0.717, 1.165) is 22.3 Å². The van der Waals surface area contributed by atoms with Crippen LogP contribution in [-0.2, 0) is 28.2 Å². The van der Waals surface area contributed by atoms with Gasteiger partial charge in [-0.3, -0.25) is 4.79 Å². The lowest BCUT2D eigenvalue weighted by atomic mass is 9.72. The first-order valence-corrected chi connectivity index (χ1v) is 14.2. The zero-order chi connectivity index (χ0) is 28.5. The van der Waals surface area contributed by atoms with Gasteiger partial charge in [-0.15, -0.1) is 0 Å². The van der Waals surface area contributed by atoms with Crippen LogP contribution < -0.4 is 5.32 Å². The molecule has 4 aromatic carbocycles. The highest BCUT2D eigenvalue weighted by Crippen LogP contribution is 2.42. The number of nitrogens with one attached hydrogen (secondary N) is 1. The van der Waals surface area contributed by atoms with Gasteiger partial charge in [-0.2, -0.15) is 0 Å². The second-order valence-corrected chi connectivity index (χ2v) is 10.5. The standard InChI is InChI=1S/C35H36N2O4/c38-33(32(25-27-13-5-1-6-14-27)36-34(39)41-26-28-15-7-2-8-16-28)37-23-21-31(22-24-37)35(40,29-17-9-3-10-18-29)30-19-11-4-12-20-30/h1-20,31-32,40H,21-26H2,(H,36,39). The van der Waals surface area contributed by atoms with E-state index in [2.05, 4.69) is 5.32 Å². The number of aliphatic hydroxyl groups is 1. The van der Waals surface area contributed by atoms with Crippen LogP contribution in [0.5, 0.6) is 0 Å². The number of nitrogens with zero attached hydrogens (tertiary/aromatic N) is 1. The van der Waals surface area contributed by atoms with Gasteiger partial charge in [0.25, 0.3) is 0 Å². The highest BCUT2D eigenvalue weighted by molar-refractivity contribution is 5.86. The monoisotopic (exact) mass is 548 g/mol. The van der Waals surface area contributed by atoms with Gasteiger partial charge >= 0.3 is 6.09 Å². The lowest BCUT2D eigenvalue weighted by Gasteiger charge is -2.43. The van der Waals surface area contributed by atoms with Gasteiger partial charge in [0.05, 0.1) is 0 Å². The molecule has 0 radical (unpaired) electrons. The summed E-state index contributed by atoms with van der Waals surface area (Å²) in [6.07, 6.45) is 0.990. The summed E-state index contributed by atoms with van der Waals surface area (Å²) < 4.78 is 5.44. The van der Waals surface area contributed by atoms with Crippen molar-refractivity contribution in [1.82, 2.24) is 10.2 Å². The maximum Gasteiger partial charge on any atom is 0.408 e. The first kappa shape index (κ1) is 28.1. The van der Waals surface area contributed by atoms with E-state index in [-0.39, 0.29) is 18.4 Å². The number of benzene rings is 4. The minimum atomic E-state index is -1.17. The average Bonchev–Trinajstić information content (AvgIpc) is 3.04. The average molecular weight is 549 g/mol. The molecule has 0 saturated carbocycles. The molecule has 1 saturated heterocycles. The maximum atomic E-state index is 13.8. The predicted molar refractivity (Wildman–Crippen MR) is 159 cm³/mol. The minimum absolute atomic E-state index is 0.0762. The van der Waals surface area contributed by atoms with E-state index in [1.165, 1.54) is 0 Å². The minimum Gasteiger partial charge on any atom is -0.445 e. The summed E-state index contributed by atoms with van der Waals surface area (Å²) in [5, 5.41) is 15.0. The Balaban J connectivity index is 1.29. The third kappa shape index (κ3) is 6.84. The third-order valence-corrected chi connectivity index (χ3v) is 7.91. The topological polar surface area (TPSA) is 78.9 Å². The Kier molecular flexibility index (Phi) is 9.12. The summed E-state index contributed by atoms with van der Waals surface area (Å²) in [5.74, 6) is -0.223. The molecule has 0 spiro atoms. The summed E-state index contributed by atoms with van der Waals surface area (Å²) in [7, 11) is 0. The molecule has 1 aliphatic heterocycles. The molecular weight excluding hydrogens is 512 g/mol. The quantitative estimate of drug-likeness (QED) is 0.281. The van der Waals surface area contributed by atoms with Crippen LogP contribution in [0, 0.1) is 5.92 Å². The summed E-state index contributed by atoms with van der Waals surface area (Å²) in [6.45, 7) is 1.09. The predicted octanol–water partition coefficient (Wildman–Crippen LogP) is 5.70. The van der Waals surface area contributed by atoms with Gasteiger partial charge in [0.1, 0.15) is 18.2 Å². The fourth-order valence-electron chi connectivity index (χ4n) is 5.72. The van der Waals surface area contributed by atoms with Crippen molar-refractivity contribution in [3.05, 3.63) is 144 Å². The summed E-state index contributed by atoms with van der Waals surface area (Å²) in [6, 6.07) is 37.9. The molecule has 6 heteroatoms. The van der Waals surface area contributed by atoms with Gasteiger partial charge < -0.3 is 20.1 Å². The van der Waals surface area contributed by atoms with Gasteiger partial charge in [-0.25, -0.2) is 4.79 Å². The number of carbonyl (C=O) groups is 2. The zero-order valence-electron chi connectivity index (χ0n) is 23.1. The molecule has 1 atom stereocenters. The van der Waals surface area contributed by atoms with E-state index in [1.807, 2.05) is 121 Å². The number of ether oxygens (including phenoxy) is 1. The lowest BCUT2D eigenvalue weighted by molar-refractivity contribution is -0.136. The highest BCUT2D eigenvalue weighted by Gasteiger charge is 2.42. The maximum absolute atomic E-state index is 13.8. The van der Waals surface area contributed by atoms with Crippen molar-refractivity contribution in [3.8, 4) is 0 Å². The Hall–Kier alpha value is -4.42. The van der Waals surface area contributed by atoms with Crippen molar-refractivity contribution in [3.63, 3.8) is 0 Å². The van der Waals surface area contributed by atoms with Crippen LogP contribution in [0.3, 0.4) is 0 Å². The fraction of sp³-hybridized carbons (Fsp3) is 0.257. The van der Waals surface area contributed by atoms with Crippen LogP contribution in [0.15, 0.2) is 121 Å². The van der Waals surface area contributed by atoms with Crippen molar-refractivity contribution in [2.75, 3.05) is 13.1 Å². The Labute approximate surface area is 241 Å². The molecule has 1 heterocycles. The number of alkyl carbamates (subject to hydrolysis) is 1. The summed E-state index contributed by atoms with van der Waals surface area (Å²) >= 11 is 0. The molecule has 210 valence electrons. The van der Waals surface area contributed by atoms with E-state index in [1.54, 1.807) is 4.90 Å². The molecule has 41 heavy (non-hydrogen) atoms. The molecule has 0 bridgehead atoms. The SMILES string of the molecule is O=C(NC(Cc1ccccc1)C(=O)N1CCC(C(O)(c2ccccc2)c2ccccc2)CC1)OCc1ccccc1. The zero-order valence-corrected chi connectivity index (χ0v) is 23.1. The molecule has 0 aromatic heterocycles. The number of piperidine rings is 1. The summed E-state index contributed by atoms with van der Waals surface area (Å²) in [5.41, 5.74) is 2.36. The molecule has 5 rings (SSSR count). The van der Waals surface area contributed by atoms with Crippen molar-refractivity contribution < 1.29 is 19.4 Å². The number of amides is 2. The van der Waals surface area contributed by atoms with Crippen molar-refractivity contribution in [2.24, 2.45) is 5.92 Å². The smallest absolute Gasteiger partial charge is 0.408 e. The summed E-state index contributed by atoms with van der Waals surface area (Å²) in [4.78, 5) is 28.4. The molecule has 6 nitrogen and oxygen atoms in total. The van der Waals surface area contributed by atoms with Gasteiger partial charge in [0.2, 0.25) is 5.91 Å². The Bertz CT molecular complexity index is 1350. The Morgan fingerprint density at radius 1 is 0.756 bits per heavy atom. The first-order valence-electron chi connectivity index (χ1n) is 14.2. The number of hydrogen-bond acceptors (Lipinski definition) is 4. The molecule has 4 aromatic rings. The van der Waals surface area contributed by atoms with Crippen LogP contribution in [-0.4, -0.2) is 41.1 Å². The van der Waals surface area contributed by atoms with Crippen molar-refractivity contribution in [1.29, 1.82) is 0 Å². The second kappa shape index (κ2) is 13.3. The molecular formula is C35H36N2O4. The molecule has 1 fully saturated rings. The van der Waals surface area contributed by atoms with Crippen molar-refractivity contribution in [2.45, 2.75) is 37.5 Å². The van der Waals surface area contributed by atoms with E-state index in [9.17, 15) is 14.7 Å². The van der Waals surface area contributed by atoms with E-state index in [0.29, 0.717) is 32.4 Å². The normalized spacial score (nSPS) is 14.7. The molecule has 1 unspecified atom stereocenters. The van der Waals surface area contributed by atoms with Crippen LogP contribution in [0.25, 0.3) is 0 Å². The van der Waals surface area contributed by atoms with Crippen LogP contribution in [0.4, 0.5) is 4.79 Å². The Morgan fingerprint density at radius 2 is 1.22 bits per heavy atom. The van der Waals surface area contributed by atoms with E-state index >= 15 is 0 Å². The van der Waals surface area contributed by atoms with Crippen LogP contribution in [0.2, 0.25) is 0 Å². The first-order chi connectivity index (χ1) is 20.0. The number of carbonyl (C=O) groups excluding carboxylic acids is 2. The number of likely N-dealkylation sites (tertiary alicyclic amines) is 1. The van der Waals surface area contributed by atoms with Crippen LogP contribution >= 0.6 is 0 Å². The number of hydrogen-bond donors (Lipinski definition) is 2. The number of rotatable bonds is 9. The largest absolute Gasteiger partial charge is 0.445 e. The molecule has 2 N–H and O–H groups in total. The Morgan fingerprint density at radius 3 is 1.73 bits per heavy atom.